The Kier molecular flexibility index (Phi) is 4.00. The number of hydrogen-bond acceptors (Lipinski definition) is 3. The molecular weight excluding hydrogens is 192 g/mol. The van der Waals surface area contributed by atoms with Crippen molar-refractivity contribution in [2.75, 3.05) is 13.6 Å². The van der Waals surface area contributed by atoms with Gasteiger partial charge in [-0.1, -0.05) is 23.8 Å². The van der Waals surface area contributed by atoms with Crippen molar-refractivity contribution < 1.29 is 4.92 Å². The smallest absolute Gasteiger partial charge is 0.276 e. The second-order valence-corrected chi connectivity index (χ2v) is 3.28. The fourth-order valence-electron chi connectivity index (χ4n) is 1.28. The summed E-state index contributed by atoms with van der Waals surface area (Å²) in [5, 5.41) is 13.7. The minimum atomic E-state index is -0.363. The van der Waals surface area contributed by atoms with Crippen LogP contribution < -0.4 is 5.32 Å². The van der Waals surface area contributed by atoms with Crippen molar-refractivity contribution in [3.8, 4) is 0 Å². The van der Waals surface area contributed by atoms with Gasteiger partial charge in [0.25, 0.3) is 5.69 Å². The number of nitro groups is 1. The molecule has 1 N–H and O–H groups in total. The van der Waals surface area contributed by atoms with Gasteiger partial charge in [0.05, 0.1) is 10.5 Å². The molecule has 0 aliphatic heterocycles. The highest BCUT2D eigenvalue weighted by molar-refractivity contribution is 5.61. The summed E-state index contributed by atoms with van der Waals surface area (Å²) in [6, 6.07) is 5.09. The quantitative estimate of drug-likeness (QED) is 0.606. The third kappa shape index (κ3) is 3.18. The van der Waals surface area contributed by atoms with Crippen molar-refractivity contribution in [1.29, 1.82) is 0 Å². The summed E-state index contributed by atoms with van der Waals surface area (Å²) < 4.78 is 0. The molecule has 0 amide bonds. The first kappa shape index (κ1) is 11.4. The number of nitrogens with one attached hydrogen (secondary N) is 1. The van der Waals surface area contributed by atoms with Crippen LogP contribution in [0.5, 0.6) is 0 Å². The third-order valence-electron chi connectivity index (χ3n) is 2.00. The van der Waals surface area contributed by atoms with E-state index in [0.29, 0.717) is 12.1 Å². The standard InChI is InChI=1S/C11H14N2O2/c1-9-5-6-11(13(14)15)10(8-9)4-3-7-12-2/h3-6,8,12H,7H2,1-2H3. The van der Waals surface area contributed by atoms with Crippen LogP contribution in [0.3, 0.4) is 0 Å². The van der Waals surface area contributed by atoms with Gasteiger partial charge in [0, 0.05) is 12.6 Å². The molecule has 0 aromatic heterocycles. The number of nitrogens with zero attached hydrogens (tertiary/aromatic N) is 1. The molecule has 0 fully saturated rings. The van der Waals surface area contributed by atoms with Crippen molar-refractivity contribution >= 4 is 11.8 Å². The summed E-state index contributed by atoms with van der Waals surface area (Å²) in [6.45, 7) is 2.62. The number of rotatable bonds is 4. The van der Waals surface area contributed by atoms with Gasteiger partial charge >= 0.3 is 0 Å². The van der Waals surface area contributed by atoms with E-state index >= 15 is 0 Å². The molecule has 0 saturated heterocycles. The SMILES string of the molecule is CNCC=Cc1cc(C)ccc1[N+](=O)[O-]. The lowest BCUT2D eigenvalue weighted by molar-refractivity contribution is -0.385. The first-order valence-electron chi connectivity index (χ1n) is 4.71. The summed E-state index contributed by atoms with van der Waals surface area (Å²) in [6.07, 6.45) is 3.63. The van der Waals surface area contributed by atoms with Gasteiger partial charge in [-0.3, -0.25) is 10.1 Å². The summed E-state index contributed by atoms with van der Waals surface area (Å²) in [7, 11) is 1.83. The van der Waals surface area contributed by atoms with E-state index in [0.717, 1.165) is 5.56 Å². The molecule has 1 aromatic carbocycles. The van der Waals surface area contributed by atoms with Crippen molar-refractivity contribution in [2.45, 2.75) is 6.92 Å². The maximum Gasteiger partial charge on any atom is 0.276 e. The van der Waals surface area contributed by atoms with Gasteiger partial charge in [0.1, 0.15) is 0 Å². The highest BCUT2D eigenvalue weighted by Crippen LogP contribution is 2.20. The summed E-state index contributed by atoms with van der Waals surface area (Å²) in [4.78, 5) is 10.4. The zero-order valence-corrected chi connectivity index (χ0v) is 8.86. The van der Waals surface area contributed by atoms with Crippen LogP contribution in [0, 0.1) is 17.0 Å². The third-order valence-corrected chi connectivity index (χ3v) is 2.00. The van der Waals surface area contributed by atoms with E-state index < -0.39 is 0 Å². The second-order valence-electron chi connectivity index (χ2n) is 3.28. The number of hydrogen-bond donors (Lipinski definition) is 1. The molecule has 1 aromatic rings. The van der Waals surface area contributed by atoms with E-state index in [9.17, 15) is 10.1 Å². The predicted molar refractivity (Wildman–Crippen MR) is 60.8 cm³/mol. The van der Waals surface area contributed by atoms with Crippen LogP contribution in [0.4, 0.5) is 5.69 Å². The maximum absolute atomic E-state index is 10.7. The van der Waals surface area contributed by atoms with Crippen LogP contribution in [0.1, 0.15) is 11.1 Å². The van der Waals surface area contributed by atoms with Gasteiger partial charge in [-0.25, -0.2) is 0 Å². The van der Waals surface area contributed by atoms with E-state index in [1.807, 2.05) is 26.1 Å². The second kappa shape index (κ2) is 5.26. The normalized spacial score (nSPS) is 10.8. The molecule has 4 nitrogen and oxygen atoms in total. The van der Waals surface area contributed by atoms with Crippen LogP contribution >= 0.6 is 0 Å². The monoisotopic (exact) mass is 206 g/mol. The fraction of sp³-hybridized carbons (Fsp3) is 0.273. The van der Waals surface area contributed by atoms with Crippen LogP contribution in [0.2, 0.25) is 0 Å². The number of likely N-dealkylation sites (N-methyl/N-ethyl adjacent to an activating group) is 1. The molecule has 4 heteroatoms. The molecule has 0 aliphatic rings. The largest absolute Gasteiger partial charge is 0.316 e. The van der Waals surface area contributed by atoms with Crippen molar-refractivity contribution in [2.24, 2.45) is 0 Å². The van der Waals surface area contributed by atoms with Gasteiger partial charge < -0.3 is 5.32 Å². The molecule has 0 heterocycles. The lowest BCUT2D eigenvalue weighted by Crippen LogP contribution is -2.03. The van der Waals surface area contributed by atoms with Gasteiger partial charge in [0.15, 0.2) is 0 Å². The Balaban J connectivity index is 3.02. The number of nitro benzene ring substituents is 1. The lowest BCUT2D eigenvalue weighted by atomic mass is 10.1. The highest BCUT2D eigenvalue weighted by Gasteiger charge is 2.10. The molecule has 0 bridgehead atoms. The fourth-order valence-corrected chi connectivity index (χ4v) is 1.28. The molecule has 0 unspecified atom stereocenters. The van der Waals surface area contributed by atoms with E-state index in [1.165, 1.54) is 6.07 Å². The van der Waals surface area contributed by atoms with Crippen LogP contribution in [-0.2, 0) is 0 Å². The van der Waals surface area contributed by atoms with Crippen LogP contribution in [0.25, 0.3) is 6.08 Å². The first-order valence-corrected chi connectivity index (χ1v) is 4.71. The van der Waals surface area contributed by atoms with Gasteiger partial charge in [-0.15, -0.1) is 0 Å². The Morgan fingerprint density at radius 1 is 1.53 bits per heavy atom. The van der Waals surface area contributed by atoms with Crippen molar-refractivity contribution in [3.05, 3.63) is 45.5 Å². The molecule has 15 heavy (non-hydrogen) atoms. The summed E-state index contributed by atoms with van der Waals surface area (Å²) >= 11 is 0. The molecule has 0 aliphatic carbocycles. The van der Waals surface area contributed by atoms with Gasteiger partial charge in [-0.2, -0.15) is 0 Å². The average molecular weight is 206 g/mol. The highest BCUT2D eigenvalue weighted by atomic mass is 16.6. The molecule has 0 radical (unpaired) electrons. The van der Waals surface area contributed by atoms with E-state index in [1.54, 1.807) is 12.1 Å². The Morgan fingerprint density at radius 2 is 2.27 bits per heavy atom. The van der Waals surface area contributed by atoms with Crippen LogP contribution in [0.15, 0.2) is 24.3 Å². The van der Waals surface area contributed by atoms with E-state index in [-0.39, 0.29) is 10.6 Å². The Bertz CT molecular complexity index is 386. The Morgan fingerprint density at radius 3 is 2.87 bits per heavy atom. The Labute approximate surface area is 88.8 Å². The summed E-state index contributed by atoms with van der Waals surface area (Å²) in [5.74, 6) is 0. The zero-order valence-electron chi connectivity index (χ0n) is 8.86. The molecule has 80 valence electrons. The molecule has 0 saturated carbocycles. The van der Waals surface area contributed by atoms with Crippen LogP contribution in [-0.4, -0.2) is 18.5 Å². The molecule has 1 rings (SSSR count). The predicted octanol–water partition coefficient (Wildman–Crippen LogP) is 2.14. The number of aryl methyl sites for hydroxylation is 1. The van der Waals surface area contributed by atoms with Gasteiger partial charge in [-0.05, 0) is 20.0 Å². The van der Waals surface area contributed by atoms with Gasteiger partial charge in [0.2, 0.25) is 0 Å². The lowest BCUT2D eigenvalue weighted by Gasteiger charge is -1.99. The maximum atomic E-state index is 10.7. The van der Waals surface area contributed by atoms with E-state index in [4.69, 9.17) is 0 Å². The number of benzene rings is 1. The zero-order chi connectivity index (χ0) is 11.3. The van der Waals surface area contributed by atoms with Crippen molar-refractivity contribution in [1.82, 2.24) is 5.32 Å². The molecule has 0 atom stereocenters. The van der Waals surface area contributed by atoms with Crippen molar-refractivity contribution in [3.63, 3.8) is 0 Å². The minimum absolute atomic E-state index is 0.146. The first-order chi connectivity index (χ1) is 7.15. The molecular formula is C11H14N2O2. The van der Waals surface area contributed by atoms with E-state index in [2.05, 4.69) is 5.32 Å². The molecule has 0 spiro atoms. The minimum Gasteiger partial charge on any atom is -0.316 e. The average Bonchev–Trinajstić information content (AvgIpc) is 2.18. The Hall–Kier alpha value is -1.68. The topological polar surface area (TPSA) is 55.2 Å². The summed E-state index contributed by atoms with van der Waals surface area (Å²) in [5.41, 5.74) is 1.81.